The van der Waals surface area contributed by atoms with Crippen molar-refractivity contribution in [2.24, 2.45) is 0 Å². The molecule has 1 atom stereocenters. The van der Waals surface area contributed by atoms with Gasteiger partial charge in [0.1, 0.15) is 0 Å². The molecule has 1 N–H and O–H groups in total. The van der Waals surface area contributed by atoms with Crippen LogP contribution in [-0.4, -0.2) is 65.9 Å². The first-order chi connectivity index (χ1) is 21.0. The zero-order valence-corrected chi connectivity index (χ0v) is 24.2. The Bertz CT molecular complexity index is 1340. The summed E-state index contributed by atoms with van der Waals surface area (Å²) >= 11 is 0. The molecule has 1 amide bonds. The maximum Gasteiger partial charge on any atom is 0.416 e. The molecule has 5 rings (SSSR count). The van der Waals surface area contributed by atoms with E-state index >= 15 is 0 Å². The number of alkyl halides is 6. The standard InChI is InChI=1S/C33H36F6N4O/c34-32(35,36)27-17-25(18-28(19-27)33(37,38)39)22-42-15-16-43(30(23-42)26-9-5-2-6-10-26)31(44)20-40-29-11-13-41(14-12-29)21-24-7-3-1-4-8-24/h1-10,17-19,29-30,40H,11-16,20-23H2. The van der Waals surface area contributed by atoms with Crippen molar-refractivity contribution in [1.82, 2.24) is 20.0 Å². The minimum atomic E-state index is -4.90. The van der Waals surface area contributed by atoms with Crippen LogP contribution in [0.15, 0.2) is 78.9 Å². The van der Waals surface area contributed by atoms with Gasteiger partial charge in [-0.05, 0) is 60.8 Å². The topological polar surface area (TPSA) is 38.8 Å². The fourth-order valence-corrected chi connectivity index (χ4v) is 6.08. The molecule has 5 nitrogen and oxygen atoms in total. The van der Waals surface area contributed by atoms with E-state index in [9.17, 15) is 31.1 Å². The molecule has 0 bridgehead atoms. The number of hydrogen-bond donors (Lipinski definition) is 1. The average molecular weight is 619 g/mol. The molecule has 0 aromatic heterocycles. The van der Waals surface area contributed by atoms with Crippen LogP contribution < -0.4 is 5.32 Å². The molecule has 0 aliphatic carbocycles. The van der Waals surface area contributed by atoms with Crippen LogP contribution in [0.5, 0.6) is 0 Å². The van der Waals surface area contributed by atoms with Crippen LogP contribution in [0.2, 0.25) is 0 Å². The predicted molar refractivity (Wildman–Crippen MR) is 155 cm³/mol. The highest BCUT2D eigenvalue weighted by Gasteiger charge is 2.38. The van der Waals surface area contributed by atoms with Gasteiger partial charge >= 0.3 is 12.4 Å². The Hall–Kier alpha value is -3.41. The lowest BCUT2D eigenvalue weighted by molar-refractivity contribution is -0.143. The zero-order chi connectivity index (χ0) is 31.3. The van der Waals surface area contributed by atoms with Crippen molar-refractivity contribution in [3.05, 3.63) is 107 Å². The van der Waals surface area contributed by atoms with E-state index in [-0.39, 0.29) is 49.3 Å². The van der Waals surface area contributed by atoms with Crippen LogP contribution in [0.25, 0.3) is 0 Å². The molecule has 2 fully saturated rings. The van der Waals surface area contributed by atoms with Crippen molar-refractivity contribution >= 4 is 5.91 Å². The molecule has 3 aromatic carbocycles. The van der Waals surface area contributed by atoms with E-state index in [2.05, 4.69) is 22.3 Å². The van der Waals surface area contributed by atoms with Gasteiger partial charge in [0.05, 0.1) is 23.7 Å². The molecule has 3 aromatic rings. The Morgan fingerprint density at radius 1 is 0.705 bits per heavy atom. The van der Waals surface area contributed by atoms with Gasteiger partial charge in [-0.15, -0.1) is 0 Å². The van der Waals surface area contributed by atoms with Gasteiger partial charge in [0, 0.05) is 38.8 Å². The van der Waals surface area contributed by atoms with Crippen LogP contribution in [-0.2, 0) is 30.2 Å². The smallest absolute Gasteiger partial charge is 0.332 e. The van der Waals surface area contributed by atoms with Crippen molar-refractivity contribution in [1.29, 1.82) is 0 Å². The van der Waals surface area contributed by atoms with Gasteiger partial charge < -0.3 is 10.2 Å². The third kappa shape index (κ3) is 8.40. The first-order valence-corrected chi connectivity index (χ1v) is 14.8. The van der Waals surface area contributed by atoms with Crippen molar-refractivity contribution in [3.8, 4) is 0 Å². The van der Waals surface area contributed by atoms with E-state index < -0.39 is 23.5 Å². The number of nitrogens with one attached hydrogen (secondary N) is 1. The van der Waals surface area contributed by atoms with Gasteiger partial charge in [-0.3, -0.25) is 14.6 Å². The van der Waals surface area contributed by atoms with Gasteiger partial charge in [0.2, 0.25) is 5.91 Å². The van der Waals surface area contributed by atoms with Crippen LogP contribution in [0.4, 0.5) is 26.3 Å². The van der Waals surface area contributed by atoms with E-state index in [1.807, 2.05) is 53.4 Å². The minimum absolute atomic E-state index is 0.0704. The second-order valence-corrected chi connectivity index (χ2v) is 11.6. The molecule has 0 saturated carbocycles. The van der Waals surface area contributed by atoms with Crippen molar-refractivity contribution < 1.29 is 31.1 Å². The number of nitrogens with zero attached hydrogens (tertiary/aromatic N) is 3. The number of carbonyl (C=O) groups is 1. The highest BCUT2D eigenvalue weighted by atomic mass is 19.4. The number of likely N-dealkylation sites (tertiary alicyclic amines) is 1. The number of benzene rings is 3. The molecular formula is C33H36F6N4O. The summed E-state index contributed by atoms with van der Waals surface area (Å²) in [5.41, 5.74) is -0.590. The van der Waals surface area contributed by atoms with E-state index in [1.54, 1.807) is 4.90 Å². The quantitative estimate of drug-likeness (QED) is 0.298. The van der Waals surface area contributed by atoms with Crippen LogP contribution in [0.1, 0.15) is 46.7 Å². The summed E-state index contributed by atoms with van der Waals surface area (Å²) < 4.78 is 80.5. The van der Waals surface area contributed by atoms with Crippen molar-refractivity contribution in [3.63, 3.8) is 0 Å². The number of piperidine rings is 1. The first kappa shape index (κ1) is 32.0. The first-order valence-electron chi connectivity index (χ1n) is 14.8. The molecule has 2 aliphatic heterocycles. The number of hydrogen-bond acceptors (Lipinski definition) is 4. The van der Waals surface area contributed by atoms with Gasteiger partial charge in [0.15, 0.2) is 0 Å². The third-order valence-electron chi connectivity index (χ3n) is 8.40. The third-order valence-corrected chi connectivity index (χ3v) is 8.40. The van der Waals surface area contributed by atoms with Crippen LogP contribution >= 0.6 is 0 Å². The molecule has 2 aliphatic rings. The number of halogens is 6. The van der Waals surface area contributed by atoms with E-state index in [4.69, 9.17) is 0 Å². The maximum atomic E-state index is 13.5. The van der Waals surface area contributed by atoms with E-state index in [0.717, 1.165) is 50.2 Å². The molecule has 0 spiro atoms. The summed E-state index contributed by atoms with van der Waals surface area (Å²) in [5, 5.41) is 3.42. The summed E-state index contributed by atoms with van der Waals surface area (Å²) in [7, 11) is 0. The predicted octanol–water partition coefficient (Wildman–Crippen LogP) is 6.36. The monoisotopic (exact) mass is 618 g/mol. The Balaban J connectivity index is 1.21. The molecule has 2 heterocycles. The molecule has 0 radical (unpaired) electrons. The Morgan fingerprint density at radius 3 is 1.86 bits per heavy atom. The van der Waals surface area contributed by atoms with Crippen molar-refractivity contribution in [2.45, 2.75) is 50.4 Å². The highest BCUT2D eigenvalue weighted by molar-refractivity contribution is 5.79. The number of amides is 1. The largest absolute Gasteiger partial charge is 0.416 e. The Kier molecular flexibility index (Phi) is 9.97. The fourth-order valence-electron chi connectivity index (χ4n) is 6.08. The Morgan fingerprint density at radius 2 is 1.27 bits per heavy atom. The highest BCUT2D eigenvalue weighted by Crippen LogP contribution is 2.37. The van der Waals surface area contributed by atoms with Gasteiger partial charge in [0.25, 0.3) is 0 Å². The molecular weight excluding hydrogens is 582 g/mol. The van der Waals surface area contributed by atoms with E-state index in [1.165, 1.54) is 5.56 Å². The number of carbonyl (C=O) groups excluding carboxylic acids is 1. The molecule has 2 saturated heterocycles. The molecule has 236 valence electrons. The summed E-state index contributed by atoms with van der Waals surface area (Å²) in [6, 6.07) is 21.1. The lowest BCUT2D eigenvalue weighted by Crippen LogP contribution is -2.53. The maximum absolute atomic E-state index is 13.5. The SMILES string of the molecule is O=C(CNC1CCN(Cc2ccccc2)CC1)N1CCN(Cc2cc(C(F)(F)F)cc(C(F)(F)F)c2)CC1c1ccccc1. The van der Waals surface area contributed by atoms with Crippen LogP contribution in [0, 0.1) is 0 Å². The van der Waals surface area contributed by atoms with Gasteiger partial charge in [-0.1, -0.05) is 60.7 Å². The lowest BCUT2D eigenvalue weighted by atomic mass is 10.00. The minimum Gasteiger partial charge on any atom is -0.332 e. The summed E-state index contributed by atoms with van der Waals surface area (Å²) in [4.78, 5) is 19.5. The second kappa shape index (κ2) is 13.7. The Labute approximate surface area is 253 Å². The fraction of sp³-hybridized carbons (Fsp3) is 0.424. The summed E-state index contributed by atoms with van der Waals surface area (Å²) in [6.07, 6.45) is -7.96. The summed E-state index contributed by atoms with van der Waals surface area (Å²) in [5.74, 6) is -0.0800. The number of piperazine rings is 1. The van der Waals surface area contributed by atoms with Crippen molar-refractivity contribution in [2.75, 3.05) is 39.3 Å². The van der Waals surface area contributed by atoms with Crippen LogP contribution in [0.3, 0.4) is 0 Å². The van der Waals surface area contributed by atoms with Gasteiger partial charge in [-0.25, -0.2) is 0 Å². The summed E-state index contributed by atoms with van der Waals surface area (Å²) in [6.45, 7) is 3.73. The number of rotatable bonds is 8. The zero-order valence-electron chi connectivity index (χ0n) is 24.2. The van der Waals surface area contributed by atoms with Gasteiger partial charge in [-0.2, -0.15) is 26.3 Å². The normalized spacial score (nSPS) is 19.3. The molecule has 44 heavy (non-hydrogen) atoms. The molecule has 1 unspecified atom stereocenters. The average Bonchev–Trinajstić information content (AvgIpc) is 3.00. The lowest BCUT2D eigenvalue weighted by Gasteiger charge is -2.42. The molecule has 11 heteroatoms. The second-order valence-electron chi connectivity index (χ2n) is 11.6. The van der Waals surface area contributed by atoms with E-state index in [0.29, 0.717) is 13.1 Å².